The molecule has 0 radical (unpaired) electrons. The van der Waals surface area contributed by atoms with Crippen LogP contribution in [0.5, 0.6) is 5.75 Å². The van der Waals surface area contributed by atoms with Crippen LogP contribution in [-0.2, 0) is 21.9 Å². The lowest BCUT2D eigenvalue weighted by atomic mass is 9.95. The molecule has 184 valence electrons. The number of thioether (sulfide) groups is 1. The van der Waals surface area contributed by atoms with Gasteiger partial charge in [0, 0.05) is 18.3 Å². The minimum Gasteiger partial charge on any atom is -0.497 e. The number of hydrogen-bond donors (Lipinski definition) is 1. The van der Waals surface area contributed by atoms with Gasteiger partial charge in [-0.2, -0.15) is 0 Å². The van der Waals surface area contributed by atoms with Crippen LogP contribution in [0, 0.1) is 6.92 Å². The van der Waals surface area contributed by atoms with Crippen LogP contribution in [0.15, 0.2) is 48.5 Å². The second kappa shape index (κ2) is 13.4. The summed E-state index contributed by atoms with van der Waals surface area (Å²) in [4.78, 5) is 28.5. The van der Waals surface area contributed by atoms with E-state index in [2.05, 4.69) is 30.4 Å². The molecule has 0 aromatic heterocycles. The first-order valence-electron chi connectivity index (χ1n) is 12.4. The summed E-state index contributed by atoms with van der Waals surface area (Å²) in [6.45, 7) is 4.47. The van der Waals surface area contributed by atoms with Gasteiger partial charge >= 0.3 is 0 Å². The maximum atomic E-state index is 13.4. The number of rotatable bonds is 11. The van der Waals surface area contributed by atoms with E-state index in [9.17, 15) is 9.59 Å². The third kappa shape index (κ3) is 7.79. The van der Waals surface area contributed by atoms with Crippen LogP contribution < -0.4 is 10.1 Å². The highest BCUT2D eigenvalue weighted by Gasteiger charge is 2.30. The lowest BCUT2D eigenvalue weighted by Gasteiger charge is -2.32. The number of nitrogens with one attached hydrogen (secondary N) is 1. The van der Waals surface area contributed by atoms with Gasteiger partial charge in [0.05, 0.1) is 12.9 Å². The highest BCUT2D eigenvalue weighted by atomic mass is 32.2. The molecule has 5 nitrogen and oxygen atoms in total. The zero-order valence-electron chi connectivity index (χ0n) is 20.7. The van der Waals surface area contributed by atoms with Crippen molar-refractivity contribution in [3.05, 3.63) is 65.2 Å². The lowest BCUT2D eigenvalue weighted by Crippen LogP contribution is -2.52. The molecule has 1 saturated carbocycles. The number of hydrogen-bond acceptors (Lipinski definition) is 4. The number of ether oxygens (including phenoxy) is 1. The molecule has 1 aliphatic carbocycles. The second-order valence-electron chi connectivity index (χ2n) is 9.12. The minimum atomic E-state index is -0.476. The van der Waals surface area contributed by atoms with Crippen molar-refractivity contribution in [2.75, 3.05) is 12.9 Å². The van der Waals surface area contributed by atoms with Gasteiger partial charge in [-0.05, 0) is 49.4 Å². The zero-order valence-corrected chi connectivity index (χ0v) is 21.5. The molecule has 1 fully saturated rings. The normalized spacial score (nSPS) is 14.9. The van der Waals surface area contributed by atoms with Gasteiger partial charge in [0.25, 0.3) is 0 Å². The summed E-state index contributed by atoms with van der Waals surface area (Å²) in [5, 5.41) is 3.24. The number of amides is 2. The molecule has 0 aliphatic heterocycles. The fourth-order valence-electron chi connectivity index (χ4n) is 4.53. The van der Waals surface area contributed by atoms with Crippen LogP contribution in [0.25, 0.3) is 0 Å². The standard InChI is InChI=1S/C28H38N2O3S/c1-4-26(28(32)29-24-11-6-5-7-12-24)30(18-22-13-15-25(33-3)16-14-22)27(31)20-34-19-23-10-8-9-21(2)17-23/h8-10,13-17,24,26H,4-7,11-12,18-20H2,1-3H3,(H,29,32)/t26-/m0/s1. The van der Waals surface area contributed by atoms with E-state index in [4.69, 9.17) is 4.74 Å². The maximum Gasteiger partial charge on any atom is 0.243 e. The molecular weight excluding hydrogens is 444 g/mol. The number of nitrogens with zero attached hydrogens (tertiary/aromatic N) is 1. The molecule has 0 heterocycles. The van der Waals surface area contributed by atoms with E-state index in [0.29, 0.717) is 18.7 Å². The minimum absolute atomic E-state index is 0.000819. The summed E-state index contributed by atoms with van der Waals surface area (Å²) in [7, 11) is 1.64. The number of methoxy groups -OCH3 is 1. The van der Waals surface area contributed by atoms with Gasteiger partial charge in [-0.1, -0.05) is 68.1 Å². The van der Waals surface area contributed by atoms with Gasteiger partial charge in [-0.25, -0.2) is 0 Å². The second-order valence-corrected chi connectivity index (χ2v) is 10.1. The van der Waals surface area contributed by atoms with Crippen molar-refractivity contribution in [1.29, 1.82) is 0 Å². The molecule has 6 heteroatoms. The monoisotopic (exact) mass is 482 g/mol. The van der Waals surface area contributed by atoms with Crippen molar-refractivity contribution in [3.63, 3.8) is 0 Å². The van der Waals surface area contributed by atoms with E-state index in [0.717, 1.165) is 42.7 Å². The molecule has 0 saturated heterocycles. The van der Waals surface area contributed by atoms with Crippen molar-refractivity contribution in [2.45, 2.75) is 76.8 Å². The number of benzene rings is 2. The average molecular weight is 483 g/mol. The van der Waals surface area contributed by atoms with E-state index in [1.807, 2.05) is 37.3 Å². The van der Waals surface area contributed by atoms with Crippen molar-refractivity contribution in [2.24, 2.45) is 0 Å². The summed E-state index contributed by atoms with van der Waals surface area (Å²) in [6.07, 6.45) is 6.20. The molecule has 0 bridgehead atoms. The van der Waals surface area contributed by atoms with E-state index < -0.39 is 6.04 Å². The highest BCUT2D eigenvalue weighted by molar-refractivity contribution is 7.99. The Morgan fingerprint density at radius 1 is 1.09 bits per heavy atom. The van der Waals surface area contributed by atoms with Crippen LogP contribution in [0.2, 0.25) is 0 Å². The van der Waals surface area contributed by atoms with Gasteiger partial charge in [-0.3, -0.25) is 9.59 Å². The van der Waals surface area contributed by atoms with Crippen LogP contribution >= 0.6 is 11.8 Å². The third-order valence-electron chi connectivity index (χ3n) is 6.43. The average Bonchev–Trinajstić information content (AvgIpc) is 2.85. The first-order chi connectivity index (χ1) is 16.5. The molecule has 1 N–H and O–H groups in total. The SMILES string of the molecule is CC[C@@H](C(=O)NC1CCCCC1)N(Cc1ccc(OC)cc1)C(=O)CSCc1cccc(C)c1. The van der Waals surface area contributed by atoms with Crippen LogP contribution in [0.4, 0.5) is 0 Å². The molecule has 1 aliphatic rings. The molecule has 0 unspecified atom stereocenters. The fraction of sp³-hybridized carbons (Fsp3) is 0.500. The van der Waals surface area contributed by atoms with E-state index in [-0.39, 0.29) is 17.9 Å². The predicted octanol–water partition coefficient (Wildman–Crippen LogP) is 5.49. The van der Waals surface area contributed by atoms with Gasteiger partial charge in [0.2, 0.25) is 11.8 Å². The maximum absolute atomic E-state index is 13.4. The number of carbonyl (C=O) groups is 2. The Balaban J connectivity index is 1.70. The quantitative estimate of drug-likeness (QED) is 0.460. The summed E-state index contributed by atoms with van der Waals surface area (Å²) < 4.78 is 5.27. The summed E-state index contributed by atoms with van der Waals surface area (Å²) in [5.41, 5.74) is 3.42. The third-order valence-corrected chi connectivity index (χ3v) is 7.41. The Kier molecular flexibility index (Phi) is 10.3. The van der Waals surface area contributed by atoms with Crippen molar-refractivity contribution < 1.29 is 14.3 Å². The summed E-state index contributed by atoms with van der Waals surface area (Å²) in [5.74, 6) is 1.86. The lowest BCUT2D eigenvalue weighted by molar-refractivity contribution is -0.139. The first kappa shape index (κ1) is 26.1. The predicted molar refractivity (Wildman–Crippen MR) is 140 cm³/mol. The Bertz CT molecular complexity index is 926. The first-order valence-corrected chi connectivity index (χ1v) is 13.5. The van der Waals surface area contributed by atoms with Gasteiger partial charge in [-0.15, -0.1) is 11.8 Å². The molecule has 2 amide bonds. The molecule has 2 aromatic carbocycles. The molecule has 34 heavy (non-hydrogen) atoms. The van der Waals surface area contributed by atoms with Crippen LogP contribution in [0.1, 0.15) is 62.1 Å². The summed E-state index contributed by atoms with van der Waals surface area (Å²) in [6, 6.07) is 15.8. The molecule has 0 spiro atoms. The van der Waals surface area contributed by atoms with Crippen LogP contribution in [0.3, 0.4) is 0 Å². The zero-order chi connectivity index (χ0) is 24.3. The van der Waals surface area contributed by atoms with E-state index >= 15 is 0 Å². The molecule has 2 aromatic rings. The van der Waals surface area contributed by atoms with Crippen molar-refractivity contribution in [3.8, 4) is 5.75 Å². The molecular formula is C28H38N2O3S. The smallest absolute Gasteiger partial charge is 0.243 e. The van der Waals surface area contributed by atoms with E-state index in [1.165, 1.54) is 17.5 Å². The van der Waals surface area contributed by atoms with Gasteiger partial charge in [0.1, 0.15) is 11.8 Å². The fourth-order valence-corrected chi connectivity index (χ4v) is 5.39. The Hall–Kier alpha value is -2.47. The number of aryl methyl sites for hydroxylation is 1. The van der Waals surface area contributed by atoms with Crippen molar-refractivity contribution >= 4 is 23.6 Å². The summed E-state index contributed by atoms with van der Waals surface area (Å²) >= 11 is 1.60. The Labute approximate surface area is 208 Å². The molecule has 3 rings (SSSR count). The van der Waals surface area contributed by atoms with Gasteiger partial charge in [0.15, 0.2) is 0 Å². The molecule has 1 atom stereocenters. The Morgan fingerprint density at radius 3 is 2.47 bits per heavy atom. The topological polar surface area (TPSA) is 58.6 Å². The number of carbonyl (C=O) groups excluding carboxylic acids is 2. The highest BCUT2D eigenvalue weighted by Crippen LogP contribution is 2.21. The van der Waals surface area contributed by atoms with Crippen LogP contribution in [-0.4, -0.2) is 41.7 Å². The van der Waals surface area contributed by atoms with Crippen molar-refractivity contribution in [1.82, 2.24) is 10.2 Å². The Morgan fingerprint density at radius 2 is 1.82 bits per heavy atom. The largest absolute Gasteiger partial charge is 0.497 e. The van der Waals surface area contributed by atoms with E-state index in [1.54, 1.807) is 23.8 Å². The van der Waals surface area contributed by atoms with Gasteiger partial charge < -0.3 is 15.0 Å².